The van der Waals surface area contributed by atoms with Crippen LogP contribution < -0.4 is 5.73 Å². The van der Waals surface area contributed by atoms with E-state index >= 15 is 0 Å². The first-order valence-corrected chi connectivity index (χ1v) is 5.80. The summed E-state index contributed by atoms with van der Waals surface area (Å²) in [6, 6.07) is 0.0149. The van der Waals surface area contributed by atoms with Crippen molar-refractivity contribution in [1.82, 2.24) is 4.90 Å². The van der Waals surface area contributed by atoms with Gasteiger partial charge >= 0.3 is 6.09 Å². The van der Waals surface area contributed by atoms with Crippen LogP contribution in [0.2, 0.25) is 0 Å². The second kappa shape index (κ2) is 4.18. The van der Waals surface area contributed by atoms with Crippen LogP contribution in [0.1, 0.15) is 20.8 Å². The zero-order valence-corrected chi connectivity index (χ0v) is 10.5. The smallest absolute Gasteiger partial charge is 0.410 e. The molecule has 0 aromatic carbocycles. The topological polar surface area (TPSA) is 77.2 Å². The van der Waals surface area contributed by atoms with Gasteiger partial charge < -0.3 is 20.1 Å². The number of aliphatic imine (C=N–C) groups is 1. The molecule has 2 unspecified atom stereocenters. The van der Waals surface area contributed by atoms with Gasteiger partial charge in [-0.05, 0) is 20.8 Å². The van der Waals surface area contributed by atoms with Gasteiger partial charge in [0, 0.05) is 0 Å². The molecule has 0 aromatic rings. The number of hydrogen-bond donors (Lipinski definition) is 1. The Morgan fingerprint density at radius 2 is 2.29 bits per heavy atom. The molecule has 0 aromatic heterocycles. The summed E-state index contributed by atoms with van der Waals surface area (Å²) >= 11 is 0. The van der Waals surface area contributed by atoms with Crippen LogP contribution >= 0.6 is 0 Å². The minimum absolute atomic E-state index is 0.0149. The van der Waals surface area contributed by atoms with Crippen LogP contribution in [0.3, 0.4) is 0 Å². The van der Waals surface area contributed by atoms with Crippen molar-refractivity contribution in [2.75, 3.05) is 19.6 Å². The Morgan fingerprint density at radius 3 is 2.82 bits per heavy atom. The fraction of sp³-hybridized carbons (Fsp3) is 0.818. The molecule has 2 atom stereocenters. The summed E-state index contributed by atoms with van der Waals surface area (Å²) in [5.74, 6) is 0.587. The number of ether oxygens (including phenoxy) is 2. The first-order valence-electron chi connectivity index (χ1n) is 5.80. The highest BCUT2D eigenvalue weighted by molar-refractivity contribution is 5.80. The lowest BCUT2D eigenvalue weighted by Crippen LogP contribution is -2.36. The van der Waals surface area contributed by atoms with Crippen molar-refractivity contribution in [1.29, 1.82) is 0 Å². The Kier molecular flexibility index (Phi) is 2.99. The molecule has 2 aliphatic rings. The lowest BCUT2D eigenvalue weighted by atomic mass is 10.2. The standard InChI is InChI=1S/C11H19N3O3/c1-11(2,3)17-10(15)14-5-7-8(6-14)16-9(4-12)13-7/h7-8H,4-6,12H2,1-3H3. The van der Waals surface area contributed by atoms with Crippen LogP contribution in [-0.4, -0.2) is 54.3 Å². The van der Waals surface area contributed by atoms with Crippen LogP contribution in [0.4, 0.5) is 4.79 Å². The Hall–Kier alpha value is -1.30. The molecular formula is C11H19N3O3. The summed E-state index contributed by atoms with van der Waals surface area (Å²) in [7, 11) is 0. The SMILES string of the molecule is CC(C)(C)OC(=O)N1CC2N=C(CN)OC2C1. The molecule has 1 saturated heterocycles. The zero-order valence-electron chi connectivity index (χ0n) is 10.5. The third-order valence-electron chi connectivity index (χ3n) is 2.66. The molecule has 6 heteroatoms. The number of nitrogens with two attached hydrogens (primary N) is 1. The van der Waals surface area contributed by atoms with E-state index in [9.17, 15) is 4.79 Å². The van der Waals surface area contributed by atoms with Crippen LogP contribution in [-0.2, 0) is 9.47 Å². The van der Waals surface area contributed by atoms with Gasteiger partial charge in [-0.25, -0.2) is 9.79 Å². The van der Waals surface area contributed by atoms with Crippen molar-refractivity contribution in [3.63, 3.8) is 0 Å². The molecule has 1 fully saturated rings. The third-order valence-corrected chi connectivity index (χ3v) is 2.66. The Morgan fingerprint density at radius 1 is 1.59 bits per heavy atom. The average Bonchev–Trinajstić information content (AvgIpc) is 2.70. The van der Waals surface area contributed by atoms with Gasteiger partial charge in [0.2, 0.25) is 0 Å². The maximum absolute atomic E-state index is 11.8. The first kappa shape index (κ1) is 12.2. The van der Waals surface area contributed by atoms with Gasteiger partial charge in [-0.1, -0.05) is 0 Å². The molecule has 2 rings (SSSR count). The highest BCUT2D eigenvalue weighted by Crippen LogP contribution is 2.24. The highest BCUT2D eigenvalue weighted by atomic mass is 16.6. The third kappa shape index (κ3) is 2.69. The molecule has 0 saturated carbocycles. The van der Waals surface area contributed by atoms with E-state index in [0.717, 1.165) is 0 Å². The number of carbonyl (C=O) groups excluding carboxylic acids is 1. The van der Waals surface area contributed by atoms with Crippen molar-refractivity contribution >= 4 is 12.0 Å². The summed E-state index contributed by atoms with van der Waals surface area (Å²) in [4.78, 5) is 17.8. The first-order chi connectivity index (χ1) is 7.89. The van der Waals surface area contributed by atoms with Crippen LogP contribution in [0.15, 0.2) is 4.99 Å². The summed E-state index contributed by atoms with van der Waals surface area (Å²) in [5.41, 5.74) is 4.98. The van der Waals surface area contributed by atoms with Gasteiger partial charge in [0.25, 0.3) is 0 Å². The lowest BCUT2D eigenvalue weighted by molar-refractivity contribution is 0.0271. The maximum atomic E-state index is 11.8. The molecule has 2 N–H and O–H groups in total. The van der Waals surface area contributed by atoms with Crippen LogP contribution in [0.5, 0.6) is 0 Å². The second-order valence-electron chi connectivity index (χ2n) is 5.34. The molecule has 0 radical (unpaired) electrons. The zero-order chi connectivity index (χ0) is 12.6. The lowest BCUT2D eigenvalue weighted by Gasteiger charge is -2.24. The van der Waals surface area contributed by atoms with Crippen LogP contribution in [0.25, 0.3) is 0 Å². The minimum Gasteiger partial charge on any atom is -0.472 e. The summed E-state index contributed by atoms with van der Waals surface area (Å²) < 4.78 is 10.8. The average molecular weight is 241 g/mol. The van der Waals surface area contributed by atoms with Crippen molar-refractivity contribution in [3.8, 4) is 0 Å². The molecule has 0 bridgehead atoms. The molecule has 6 nitrogen and oxygen atoms in total. The number of nitrogens with zero attached hydrogens (tertiary/aromatic N) is 2. The molecule has 96 valence electrons. The predicted octanol–water partition coefficient (Wildman–Crippen LogP) is 0.362. The fourth-order valence-corrected chi connectivity index (χ4v) is 1.96. The summed E-state index contributed by atoms with van der Waals surface area (Å²) in [6.45, 7) is 6.93. The normalized spacial score (nSPS) is 27.5. The molecule has 2 heterocycles. The molecule has 0 spiro atoms. The summed E-state index contributed by atoms with van der Waals surface area (Å²) in [5, 5.41) is 0. The van der Waals surface area contributed by atoms with Crippen molar-refractivity contribution in [2.24, 2.45) is 10.7 Å². The van der Waals surface area contributed by atoms with E-state index in [1.807, 2.05) is 20.8 Å². The number of rotatable bonds is 1. The van der Waals surface area contributed by atoms with E-state index in [1.165, 1.54) is 0 Å². The quantitative estimate of drug-likeness (QED) is 0.719. The monoisotopic (exact) mass is 241 g/mol. The number of hydrogen-bond acceptors (Lipinski definition) is 5. The molecular weight excluding hydrogens is 222 g/mol. The molecule has 2 aliphatic heterocycles. The van der Waals surface area contributed by atoms with Crippen molar-refractivity contribution in [2.45, 2.75) is 38.5 Å². The number of likely N-dealkylation sites (tertiary alicyclic amines) is 1. The largest absolute Gasteiger partial charge is 0.472 e. The Labute approximate surface area is 101 Å². The highest BCUT2D eigenvalue weighted by Gasteiger charge is 2.42. The molecule has 1 amide bonds. The van der Waals surface area contributed by atoms with Gasteiger partial charge in [-0.15, -0.1) is 0 Å². The van der Waals surface area contributed by atoms with Gasteiger partial charge in [0.15, 0.2) is 5.90 Å². The predicted molar refractivity (Wildman–Crippen MR) is 63.0 cm³/mol. The molecule has 0 aliphatic carbocycles. The van der Waals surface area contributed by atoms with Crippen molar-refractivity contribution in [3.05, 3.63) is 0 Å². The van der Waals surface area contributed by atoms with Gasteiger partial charge in [-0.3, -0.25) is 0 Å². The van der Waals surface area contributed by atoms with Crippen molar-refractivity contribution < 1.29 is 14.3 Å². The van der Waals surface area contributed by atoms with E-state index in [4.69, 9.17) is 15.2 Å². The second-order valence-corrected chi connectivity index (χ2v) is 5.34. The summed E-state index contributed by atoms with van der Waals surface area (Å²) in [6.07, 6.45) is -0.360. The Balaban J connectivity index is 1.92. The molecule has 17 heavy (non-hydrogen) atoms. The number of carbonyl (C=O) groups is 1. The number of amides is 1. The fourth-order valence-electron chi connectivity index (χ4n) is 1.96. The van der Waals surface area contributed by atoms with Gasteiger partial charge in [0.05, 0.1) is 19.6 Å². The van der Waals surface area contributed by atoms with E-state index in [2.05, 4.69) is 4.99 Å². The maximum Gasteiger partial charge on any atom is 0.410 e. The van der Waals surface area contributed by atoms with E-state index < -0.39 is 5.60 Å². The van der Waals surface area contributed by atoms with Crippen LogP contribution in [0, 0.1) is 0 Å². The Bertz CT molecular complexity index is 348. The number of fused-ring (bicyclic) bond motifs is 1. The van der Waals surface area contributed by atoms with E-state index in [-0.39, 0.29) is 18.2 Å². The minimum atomic E-state index is -0.471. The van der Waals surface area contributed by atoms with Gasteiger partial charge in [-0.2, -0.15) is 0 Å². The van der Waals surface area contributed by atoms with Gasteiger partial charge in [0.1, 0.15) is 17.7 Å². The van der Waals surface area contributed by atoms with E-state index in [0.29, 0.717) is 25.5 Å². The van der Waals surface area contributed by atoms with E-state index in [1.54, 1.807) is 4.90 Å².